The van der Waals surface area contributed by atoms with Crippen molar-refractivity contribution >= 4 is 38.9 Å². The summed E-state index contributed by atoms with van der Waals surface area (Å²) in [5.74, 6) is 0.166. The molecule has 1 aromatic rings. The van der Waals surface area contributed by atoms with E-state index in [0.717, 1.165) is 18.7 Å². The summed E-state index contributed by atoms with van der Waals surface area (Å²) in [6.45, 7) is 5.59. The molecule has 0 heterocycles. The summed E-state index contributed by atoms with van der Waals surface area (Å²) in [4.78, 5) is 14.0. The van der Waals surface area contributed by atoms with Gasteiger partial charge in [0, 0.05) is 0 Å². The van der Waals surface area contributed by atoms with Crippen LogP contribution in [0.3, 0.4) is 0 Å². The van der Waals surface area contributed by atoms with Gasteiger partial charge in [-0.2, -0.15) is 0 Å². The molecule has 0 bridgehead atoms. The molecule has 0 spiro atoms. The number of benzene rings is 1. The molecule has 0 aliphatic carbocycles. The van der Waals surface area contributed by atoms with Gasteiger partial charge in [-0.3, -0.25) is 0 Å². The van der Waals surface area contributed by atoms with Gasteiger partial charge in [0.1, 0.15) is 0 Å². The molecule has 0 radical (unpaired) electrons. The van der Waals surface area contributed by atoms with Crippen molar-refractivity contribution in [3.63, 3.8) is 0 Å². The predicted molar refractivity (Wildman–Crippen MR) is 64.8 cm³/mol. The Morgan fingerprint density at radius 3 is 2.47 bits per heavy atom. The molecule has 0 atom stereocenters. The van der Waals surface area contributed by atoms with Crippen LogP contribution in [-0.4, -0.2) is 52.4 Å². The van der Waals surface area contributed by atoms with Crippen LogP contribution in [0.5, 0.6) is 0 Å². The average Bonchev–Trinajstić information content (AvgIpc) is 2.30. The van der Waals surface area contributed by atoms with Gasteiger partial charge in [-0.05, 0) is 0 Å². The molecule has 0 aromatic heterocycles. The van der Waals surface area contributed by atoms with Gasteiger partial charge in [0.15, 0.2) is 0 Å². The van der Waals surface area contributed by atoms with Crippen molar-refractivity contribution in [2.75, 3.05) is 13.1 Å². The summed E-state index contributed by atoms with van der Waals surface area (Å²) >= 11 is 2.51. The Labute approximate surface area is 105 Å². The van der Waals surface area contributed by atoms with E-state index >= 15 is 0 Å². The Morgan fingerprint density at radius 2 is 1.93 bits per heavy atom. The summed E-state index contributed by atoms with van der Waals surface area (Å²) in [5.41, 5.74) is 0.878. The first kappa shape index (κ1) is 12.9. The molecule has 0 aliphatic rings. The van der Waals surface area contributed by atoms with Gasteiger partial charge < -0.3 is 0 Å². The fraction of sp³-hybridized carbons (Fsp3) is 0.364. The molecular formula is C11H14LiNOSe. The van der Waals surface area contributed by atoms with Crippen molar-refractivity contribution in [2.45, 2.75) is 13.8 Å². The maximum absolute atomic E-state index is 12.1. The molecule has 0 aliphatic heterocycles. The summed E-state index contributed by atoms with van der Waals surface area (Å²) in [5, 5.41) is 0. The van der Waals surface area contributed by atoms with E-state index in [2.05, 4.69) is 21.8 Å². The molecule has 1 rings (SSSR count). The van der Waals surface area contributed by atoms with Gasteiger partial charge in [0.2, 0.25) is 0 Å². The second-order valence-corrected chi connectivity index (χ2v) is 4.96. The third-order valence-corrected chi connectivity index (χ3v) is 4.06. The summed E-state index contributed by atoms with van der Waals surface area (Å²) in [7, 11) is 0. The zero-order valence-corrected chi connectivity index (χ0v) is 11.2. The zero-order valence-electron chi connectivity index (χ0n) is 9.49. The quantitative estimate of drug-likeness (QED) is 0.727. The minimum absolute atomic E-state index is 0.166. The number of rotatable bonds is 4. The number of amides is 1. The van der Waals surface area contributed by atoms with Gasteiger partial charge in [-0.15, -0.1) is 0 Å². The normalized spacial score (nSPS) is 10.1. The van der Waals surface area contributed by atoms with Crippen molar-refractivity contribution in [1.29, 1.82) is 0 Å². The molecule has 2 nitrogen and oxygen atoms in total. The van der Waals surface area contributed by atoms with Crippen LogP contribution in [0.4, 0.5) is 0 Å². The standard InChI is InChI=1S/C11H15NOSe.Li/c1-3-12(4-2)11(13)9-7-5-6-8-10(9)14;/h5-8,14H,3-4H2,1-2H3;/q;+1/p-1. The Hall–Kier alpha value is -0.193. The van der Waals surface area contributed by atoms with Crippen LogP contribution < -0.4 is 4.46 Å². The van der Waals surface area contributed by atoms with Crippen LogP contribution in [0.2, 0.25) is 0 Å². The Bertz CT molecular complexity index is 339. The van der Waals surface area contributed by atoms with Gasteiger partial charge in [0.25, 0.3) is 0 Å². The van der Waals surface area contributed by atoms with Crippen molar-refractivity contribution in [3.05, 3.63) is 29.8 Å². The second-order valence-electron chi connectivity index (χ2n) is 3.18. The van der Waals surface area contributed by atoms with Crippen molar-refractivity contribution in [2.24, 2.45) is 0 Å². The fourth-order valence-corrected chi connectivity index (χ4v) is 2.74. The van der Waals surface area contributed by atoms with Gasteiger partial charge in [-0.25, -0.2) is 0 Å². The van der Waals surface area contributed by atoms with Crippen LogP contribution >= 0.6 is 0 Å². The Morgan fingerprint density at radius 1 is 1.33 bits per heavy atom. The molecule has 0 unspecified atom stereocenters. The van der Waals surface area contributed by atoms with E-state index in [0.29, 0.717) is 12.8 Å². The fourth-order valence-electron chi connectivity index (χ4n) is 1.50. The van der Waals surface area contributed by atoms with Gasteiger partial charge in [-0.1, -0.05) is 0 Å². The summed E-state index contributed by atoms with van der Waals surface area (Å²) in [6.07, 6.45) is 0. The van der Waals surface area contributed by atoms with Gasteiger partial charge >= 0.3 is 105 Å². The van der Waals surface area contributed by atoms with Crippen molar-refractivity contribution < 1.29 is 4.79 Å². The number of carbonyl (C=O) groups is 1. The molecule has 1 amide bonds. The molecular weight excluding hydrogens is 248 g/mol. The van der Waals surface area contributed by atoms with Gasteiger partial charge in [0.05, 0.1) is 0 Å². The molecule has 0 fully saturated rings. The van der Waals surface area contributed by atoms with Crippen LogP contribution in [0, 0.1) is 0 Å². The second kappa shape index (κ2) is 6.40. The minimum atomic E-state index is 0.166. The van der Waals surface area contributed by atoms with Crippen LogP contribution in [0.15, 0.2) is 24.3 Å². The van der Waals surface area contributed by atoms with Crippen LogP contribution in [0.25, 0.3) is 0 Å². The third-order valence-electron chi connectivity index (χ3n) is 2.39. The van der Waals surface area contributed by atoms with E-state index in [-0.39, 0.29) is 5.91 Å². The Kier molecular flexibility index (Phi) is 5.50. The number of hydrogen-bond acceptors (Lipinski definition) is 1. The van der Waals surface area contributed by atoms with Crippen molar-refractivity contribution in [1.82, 2.24) is 4.90 Å². The third kappa shape index (κ3) is 3.13. The number of nitrogens with zero attached hydrogens (tertiary/aromatic N) is 1. The maximum atomic E-state index is 12.1. The predicted octanol–water partition coefficient (Wildman–Crippen LogP) is 0.582. The molecule has 0 saturated carbocycles. The van der Waals surface area contributed by atoms with E-state index in [1.807, 2.05) is 36.9 Å². The van der Waals surface area contributed by atoms with Crippen LogP contribution in [0.1, 0.15) is 24.2 Å². The van der Waals surface area contributed by atoms with Crippen molar-refractivity contribution in [3.8, 4) is 0 Å². The van der Waals surface area contributed by atoms with E-state index in [9.17, 15) is 4.79 Å². The zero-order chi connectivity index (χ0) is 11.3. The van der Waals surface area contributed by atoms with E-state index in [4.69, 9.17) is 0 Å². The van der Waals surface area contributed by atoms with E-state index in [1.54, 1.807) is 0 Å². The first-order chi connectivity index (χ1) is 7.24. The molecule has 76 valence electrons. The topological polar surface area (TPSA) is 20.3 Å². The molecule has 15 heavy (non-hydrogen) atoms. The summed E-state index contributed by atoms with van der Waals surface area (Å²) < 4.78 is 1.20. The SMILES string of the molecule is [Li][Se]c1ccccc1C(=O)N(CC)CC. The molecule has 0 N–H and O–H groups in total. The monoisotopic (exact) mass is 263 g/mol. The Balaban J connectivity index is 2.99. The van der Waals surface area contributed by atoms with E-state index in [1.165, 1.54) is 4.46 Å². The summed E-state index contributed by atoms with van der Waals surface area (Å²) in [6, 6.07) is 7.92. The average molecular weight is 262 g/mol. The molecule has 4 heteroatoms. The number of hydrogen-bond donors (Lipinski definition) is 0. The first-order valence-corrected chi connectivity index (χ1v) is 7.73. The van der Waals surface area contributed by atoms with Crippen LogP contribution in [-0.2, 0) is 0 Å². The van der Waals surface area contributed by atoms with E-state index < -0.39 is 0 Å². The molecule has 1 aromatic carbocycles. The first-order valence-electron chi connectivity index (χ1n) is 5.16. The number of carbonyl (C=O) groups excluding carboxylic acids is 1. The molecule has 0 saturated heterocycles.